The lowest BCUT2D eigenvalue weighted by Crippen LogP contribution is -2.49. The van der Waals surface area contributed by atoms with E-state index in [2.05, 4.69) is 0 Å². The lowest BCUT2D eigenvalue weighted by atomic mass is 10.1. The number of carbonyl (C=O) groups excluding carboxylic acids is 1. The first-order valence-corrected chi connectivity index (χ1v) is 7.95. The largest absolute Gasteiger partial charge is 0.378 e. The minimum Gasteiger partial charge on any atom is -0.378 e. The summed E-state index contributed by atoms with van der Waals surface area (Å²) in [6, 6.07) is 7.76. The molecular weight excluding hydrogens is 280 g/mol. The van der Waals surface area contributed by atoms with Crippen molar-refractivity contribution in [2.45, 2.75) is 25.0 Å². The zero-order valence-corrected chi connectivity index (χ0v) is 13.3. The quantitative estimate of drug-likeness (QED) is 0.853. The van der Waals surface area contributed by atoms with Crippen molar-refractivity contribution in [3.63, 3.8) is 0 Å². The van der Waals surface area contributed by atoms with E-state index < -0.39 is 0 Å². The third kappa shape index (κ3) is 3.25. The molecule has 5 nitrogen and oxygen atoms in total. The van der Waals surface area contributed by atoms with Crippen LogP contribution in [-0.2, 0) is 9.47 Å². The molecule has 0 unspecified atom stereocenters. The van der Waals surface area contributed by atoms with E-state index in [4.69, 9.17) is 9.47 Å². The zero-order valence-electron chi connectivity index (χ0n) is 13.3. The SMILES string of the molecule is CN(C)c1cccc(C(=O)N2CCO[C@H]([C@H]3CCCO3)C2)c1. The van der Waals surface area contributed by atoms with Crippen molar-refractivity contribution < 1.29 is 14.3 Å². The molecule has 22 heavy (non-hydrogen) atoms. The number of morpholine rings is 1. The Bertz CT molecular complexity index is 526. The van der Waals surface area contributed by atoms with Gasteiger partial charge in [-0.25, -0.2) is 0 Å². The molecule has 5 heteroatoms. The molecule has 0 saturated carbocycles. The van der Waals surface area contributed by atoms with E-state index in [1.807, 2.05) is 48.2 Å². The number of rotatable bonds is 3. The summed E-state index contributed by atoms with van der Waals surface area (Å²) in [6.45, 7) is 2.66. The lowest BCUT2D eigenvalue weighted by molar-refractivity contribution is -0.0867. The Morgan fingerprint density at radius 3 is 2.77 bits per heavy atom. The van der Waals surface area contributed by atoms with E-state index in [-0.39, 0.29) is 18.1 Å². The fraction of sp³-hybridized carbons (Fsp3) is 0.588. The number of hydrogen-bond acceptors (Lipinski definition) is 4. The summed E-state index contributed by atoms with van der Waals surface area (Å²) in [4.78, 5) is 16.6. The van der Waals surface area contributed by atoms with Crippen LogP contribution in [0.5, 0.6) is 0 Å². The number of nitrogens with zero attached hydrogens (tertiary/aromatic N) is 2. The van der Waals surface area contributed by atoms with Crippen molar-refractivity contribution >= 4 is 11.6 Å². The van der Waals surface area contributed by atoms with Gasteiger partial charge in [0.25, 0.3) is 5.91 Å². The molecule has 120 valence electrons. The molecule has 0 radical (unpaired) electrons. The van der Waals surface area contributed by atoms with E-state index in [1.165, 1.54) is 0 Å². The van der Waals surface area contributed by atoms with Crippen LogP contribution in [0.25, 0.3) is 0 Å². The van der Waals surface area contributed by atoms with Crippen LogP contribution in [0.3, 0.4) is 0 Å². The van der Waals surface area contributed by atoms with Gasteiger partial charge in [-0.2, -0.15) is 0 Å². The van der Waals surface area contributed by atoms with Crippen molar-refractivity contribution in [3.8, 4) is 0 Å². The Balaban J connectivity index is 1.69. The molecule has 0 spiro atoms. The first-order chi connectivity index (χ1) is 10.6. The number of benzene rings is 1. The van der Waals surface area contributed by atoms with Crippen molar-refractivity contribution in [3.05, 3.63) is 29.8 Å². The van der Waals surface area contributed by atoms with E-state index in [0.717, 1.165) is 30.7 Å². The average molecular weight is 304 g/mol. The molecule has 1 amide bonds. The third-order valence-electron chi connectivity index (χ3n) is 4.37. The fourth-order valence-electron chi connectivity index (χ4n) is 3.08. The minimum atomic E-state index is 0.0113. The van der Waals surface area contributed by atoms with Gasteiger partial charge in [-0.1, -0.05) is 6.07 Å². The van der Waals surface area contributed by atoms with Crippen LogP contribution < -0.4 is 4.90 Å². The molecule has 0 aromatic heterocycles. The summed E-state index contributed by atoms with van der Waals surface area (Å²) in [5.41, 5.74) is 1.77. The lowest BCUT2D eigenvalue weighted by Gasteiger charge is -2.35. The van der Waals surface area contributed by atoms with E-state index in [0.29, 0.717) is 19.7 Å². The van der Waals surface area contributed by atoms with Crippen LogP contribution in [0.2, 0.25) is 0 Å². The van der Waals surface area contributed by atoms with Gasteiger partial charge in [0.1, 0.15) is 6.10 Å². The molecule has 2 heterocycles. The molecular formula is C17H24N2O3. The van der Waals surface area contributed by atoms with Crippen LogP contribution in [0.4, 0.5) is 5.69 Å². The minimum absolute atomic E-state index is 0.0113. The Morgan fingerprint density at radius 1 is 1.23 bits per heavy atom. The standard InChI is InChI=1S/C17H24N2O3/c1-18(2)14-6-3-5-13(11-14)17(20)19-8-10-22-16(12-19)15-7-4-9-21-15/h3,5-6,11,15-16H,4,7-10,12H2,1-2H3/t15-,16+/m1/s1. The molecule has 2 aliphatic heterocycles. The molecule has 0 N–H and O–H groups in total. The Morgan fingerprint density at radius 2 is 2.05 bits per heavy atom. The summed E-state index contributed by atoms with van der Waals surface area (Å²) in [5, 5.41) is 0. The van der Waals surface area contributed by atoms with Crippen LogP contribution in [0.1, 0.15) is 23.2 Å². The highest BCUT2D eigenvalue weighted by Gasteiger charge is 2.33. The number of anilines is 1. The average Bonchev–Trinajstić information content (AvgIpc) is 3.09. The fourth-order valence-corrected chi connectivity index (χ4v) is 3.08. The van der Waals surface area contributed by atoms with Gasteiger partial charge in [0, 0.05) is 45.0 Å². The zero-order chi connectivity index (χ0) is 15.5. The maximum Gasteiger partial charge on any atom is 0.254 e. The molecule has 1 aromatic carbocycles. The molecule has 2 fully saturated rings. The summed E-state index contributed by atoms with van der Waals surface area (Å²) in [6.07, 6.45) is 2.27. The first-order valence-electron chi connectivity index (χ1n) is 7.95. The second-order valence-electron chi connectivity index (χ2n) is 6.16. The van der Waals surface area contributed by atoms with Gasteiger partial charge < -0.3 is 19.3 Å². The normalized spacial score (nSPS) is 25.3. The Kier molecular flexibility index (Phi) is 4.64. The number of carbonyl (C=O) groups is 1. The van der Waals surface area contributed by atoms with Crippen molar-refractivity contribution in [2.24, 2.45) is 0 Å². The van der Waals surface area contributed by atoms with Gasteiger partial charge in [0.2, 0.25) is 0 Å². The highest BCUT2D eigenvalue weighted by atomic mass is 16.5. The van der Waals surface area contributed by atoms with Gasteiger partial charge in [-0.15, -0.1) is 0 Å². The molecule has 0 bridgehead atoms. The number of hydrogen-bond donors (Lipinski definition) is 0. The third-order valence-corrected chi connectivity index (χ3v) is 4.37. The molecule has 2 aliphatic rings. The predicted octanol–water partition coefficient (Wildman–Crippen LogP) is 1.77. The van der Waals surface area contributed by atoms with Gasteiger partial charge >= 0.3 is 0 Å². The number of amides is 1. The van der Waals surface area contributed by atoms with Crippen molar-refractivity contribution in [1.29, 1.82) is 0 Å². The summed E-state index contributed by atoms with van der Waals surface area (Å²) < 4.78 is 11.5. The summed E-state index contributed by atoms with van der Waals surface area (Å²) >= 11 is 0. The first kappa shape index (κ1) is 15.3. The predicted molar refractivity (Wildman–Crippen MR) is 85.4 cm³/mol. The van der Waals surface area contributed by atoms with Crippen LogP contribution >= 0.6 is 0 Å². The van der Waals surface area contributed by atoms with Crippen LogP contribution in [-0.4, -0.2) is 63.4 Å². The van der Waals surface area contributed by atoms with Gasteiger partial charge in [-0.3, -0.25) is 4.79 Å². The smallest absolute Gasteiger partial charge is 0.254 e. The van der Waals surface area contributed by atoms with E-state index in [9.17, 15) is 4.79 Å². The maximum atomic E-state index is 12.7. The second kappa shape index (κ2) is 6.67. The van der Waals surface area contributed by atoms with Crippen LogP contribution in [0, 0.1) is 0 Å². The highest BCUT2D eigenvalue weighted by molar-refractivity contribution is 5.95. The number of ether oxygens (including phenoxy) is 2. The molecule has 3 rings (SSSR count). The maximum absolute atomic E-state index is 12.7. The molecule has 2 atom stereocenters. The van der Waals surface area contributed by atoms with E-state index >= 15 is 0 Å². The van der Waals surface area contributed by atoms with E-state index in [1.54, 1.807) is 0 Å². The van der Waals surface area contributed by atoms with Crippen LogP contribution in [0.15, 0.2) is 24.3 Å². The Hall–Kier alpha value is -1.59. The molecule has 0 aliphatic carbocycles. The molecule has 1 aromatic rings. The topological polar surface area (TPSA) is 42.0 Å². The van der Waals surface area contributed by atoms with Gasteiger partial charge in [0.15, 0.2) is 0 Å². The Labute approximate surface area is 131 Å². The van der Waals surface area contributed by atoms with Gasteiger partial charge in [0.05, 0.1) is 12.7 Å². The van der Waals surface area contributed by atoms with Crippen molar-refractivity contribution in [2.75, 3.05) is 45.3 Å². The summed E-state index contributed by atoms with van der Waals surface area (Å²) in [5.74, 6) is 0.0787. The second-order valence-corrected chi connectivity index (χ2v) is 6.16. The van der Waals surface area contributed by atoms with Gasteiger partial charge in [-0.05, 0) is 31.0 Å². The monoisotopic (exact) mass is 304 g/mol. The highest BCUT2D eigenvalue weighted by Crippen LogP contribution is 2.22. The summed E-state index contributed by atoms with van der Waals surface area (Å²) in [7, 11) is 3.96. The van der Waals surface area contributed by atoms with Crippen molar-refractivity contribution in [1.82, 2.24) is 4.90 Å². The molecule has 2 saturated heterocycles.